The molecule has 2 heterocycles. The largest absolute Gasteiger partial charge is 0.545 e. The molecule has 0 saturated carbocycles. The summed E-state index contributed by atoms with van der Waals surface area (Å²) < 4.78 is 0. The monoisotopic (exact) mass is 270 g/mol. The summed E-state index contributed by atoms with van der Waals surface area (Å²) in [4.78, 5) is 17.7. The predicted molar refractivity (Wildman–Crippen MR) is 74.5 cm³/mol. The number of carbonyl (C=O) groups is 1. The molecular weight excluding hydrogens is 252 g/mol. The van der Waals surface area contributed by atoms with Crippen LogP contribution in [0.15, 0.2) is 24.3 Å². The van der Waals surface area contributed by atoms with E-state index in [1.807, 2.05) is 24.3 Å². The Kier molecular flexibility index (Phi) is 3.40. The summed E-state index contributed by atoms with van der Waals surface area (Å²) in [6, 6.07) is 7.43. The van der Waals surface area contributed by atoms with Crippen molar-refractivity contribution in [3.8, 4) is 0 Å². The van der Waals surface area contributed by atoms with Crippen molar-refractivity contribution < 1.29 is 14.8 Å². The quantitative estimate of drug-likeness (QED) is 0.851. The number of nitrogens with zero attached hydrogens (tertiary/aromatic N) is 1. The highest BCUT2D eigenvalue weighted by Gasteiger charge is 2.24. The van der Waals surface area contributed by atoms with Crippen LogP contribution < -0.4 is 10.0 Å². The first-order chi connectivity index (χ1) is 9.70. The van der Waals surface area contributed by atoms with Crippen molar-refractivity contribution in [1.82, 2.24) is 4.98 Å². The van der Waals surface area contributed by atoms with Crippen LogP contribution in [0.1, 0.15) is 35.0 Å². The van der Waals surface area contributed by atoms with Gasteiger partial charge in [0.25, 0.3) is 0 Å². The minimum Gasteiger partial charge on any atom is -0.545 e. The van der Waals surface area contributed by atoms with E-state index in [9.17, 15) is 9.90 Å². The number of rotatable bonds is 3. The molecule has 20 heavy (non-hydrogen) atoms. The van der Waals surface area contributed by atoms with Crippen LogP contribution in [0.25, 0.3) is 10.9 Å². The Labute approximate surface area is 118 Å². The molecule has 0 radical (unpaired) electrons. The number of nitrogens with one attached hydrogen (secondary N) is 1. The SMILES string of the molecule is CCC[NH+]1CCc2nc3ccccc3c(C(=O)[O-])c2C1. The number of quaternary nitrogens is 1. The molecule has 104 valence electrons. The smallest absolute Gasteiger partial charge is 0.105 e. The van der Waals surface area contributed by atoms with E-state index in [-0.39, 0.29) is 0 Å². The van der Waals surface area contributed by atoms with Gasteiger partial charge in [-0.1, -0.05) is 25.1 Å². The lowest BCUT2D eigenvalue weighted by Gasteiger charge is -2.27. The van der Waals surface area contributed by atoms with Gasteiger partial charge in [0.05, 0.1) is 30.3 Å². The van der Waals surface area contributed by atoms with Crippen molar-refractivity contribution in [2.75, 3.05) is 13.1 Å². The minimum absolute atomic E-state index is 0.346. The topological polar surface area (TPSA) is 57.5 Å². The summed E-state index contributed by atoms with van der Waals surface area (Å²) >= 11 is 0. The van der Waals surface area contributed by atoms with Gasteiger partial charge < -0.3 is 14.8 Å². The van der Waals surface area contributed by atoms with Gasteiger partial charge >= 0.3 is 0 Å². The molecule has 0 bridgehead atoms. The minimum atomic E-state index is -1.09. The Morgan fingerprint density at radius 3 is 2.95 bits per heavy atom. The zero-order chi connectivity index (χ0) is 14.1. The fourth-order valence-corrected chi connectivity index (χ4v) is 3.13. The van der Waals surface area contributed by atoms with Gasteiger partial charge in [0, 0.05) is 22.9 Å². The van der Waals surface area contributed by atoms with Crippen LogP contribution in [0, 0.1) is 0 Å². The van der Waals surface area contributed by atoms with Crippen molar-refractivity contribution in [1.29, 1.82) is 0 Å². The third-order valence-electron chi connectivity index (χ3n) is 4.03. The molecule has 0 saturated heterocycles. The molecule has 2 aromatic rings. The number of benzene rings is 1. The summed E-state index contributed by atoms with van der Waals surface area (Å²) in [6.07, 6.45) is 1.95. The highest BCUT2D eigenvalue weighted by Crippen LogP contribution is 2.24. The number of carboxylic acids is 1. The van der Waals surface area contributed by atoms with Crippen LogP contribution in [0.4, 0.5) is 0 Å². The number of para-hydroxylation sites is 1. The van der Waals surface area contributed by atoms with E-state index < -0.39 is 5.97 Å². The lowest BCUT2D eigenvalue weighted by Crippen LogP contribution is -3.11. The molecule has 1 aliphatic heterocycles. The Hall–Kier alpha value is -1.94. The highest BCUT2D eigenvalue weighted by atomic mass is 16.4. The zero-order valence-corrected chi connectivity index (χ0v) is 11.6. The summed E-state index contributed by atoms with van der Waals surface area (Å²) in [7, 11) is 0. The third kappa shape index (κ3) is 2.16. The maximum absolute atomic E-state index is 11.6. The standard InChI is InChI=1S/C16H18N2O2/c1-2-8-18-9-7-14-12(10-18)15(16(19)20)11-5-3-4-6-13(11)17-14/h3-6H,2,7-10H2,1H3,(H,19,20). The van der Waals surface area contributed by atoms with Crippen LogP contribution in [-0.4, -0.2) is 24.0 Å². The Morgan fingerprint density at radius 1 is 1.40 bits per heavy atom. The molecule has 4 nitrogen and oxygen atoms in total. The molecule has 1 aromatic heterocycles. The maximum Gasteiger partial charge on any atom is 0.105 e. The van der Waals surface area contributed by atoms with Crippen molar-refractivity contribution >= 4 is 16.9 Å². The highest BCUT2D eigenvalue weighted by molar-refractivity contribution is 6.03. The molecule has 1 aliphatic rings. The van der Waals surface area contributed by atoms with Crippen LogP contribution in [0.5, 0.6) is 0 Å². The van der Waals surface area contributed by atoms with Crippen LogP contribution in [0.2, 0.25) is 0 Å². The van der Waals surface area contributed by atoms with Gasteiger partial charge in [-0.3, -0.25) is 4.98 Å². The first-order valence-electron chi connectivity index (χ1n) is 7.16. The first-order valence-corrected chi connectivity index (χ1v) is 7.16. The van der Waals surface area contributed by atoms with E-state index in [1.165, 1.54) is 4.90 Å². The molecule has 1 aromatic carbocycles. The lowest BCUT2D eigenvalue weighted by atomic mass is 9.96. The van der Waals surface area contributed by atoms with Crippen molar-refractivity contribution in [3.05, 3.63) is 41.1 Å². The number of hydrogen-bond donors (Lipinski definition) is 1. The van der Waals surface area contributed by atoms with Crippen molar-refractivity contribution in [2.24, 2.45) is 0 Å². The normalized spacial score (nSPS) is 17.9. The molecule has 1 unspecified atom stereocenters. The van der Waals surface area contributed by atoms with Gasteiger partial charge in [0.15, 0.2) is 0 Å². The fraction of sp³-hybridized carbons (Fsp3) is 0.375. The van der Waals surface area contributed by atoms with Gasteiger partial charge in [-0.25, -0.2) is 0 Å². The number of hydrogen-bond acceptors (Lipinski definition) is 3. The third-order valence-corrected chi connectivity index (χ3v) is 4.03. The molecule has 0 fully saturated rings. The number of aromatic nitrogens is 1. The zero-order valence-electron chi connectivity index (χ0n) is 11.6. The second-order valence-electron chi connectivity index (χ2n) is 5.39. The summed E-state index contributed by atoms with van der Waals surface area (Å²) in [6.45, 7) is 4.99. The Balaban J connectivity index is 2.18. The summed E-state index contributed by atoms with van der Waals surface area (Å²) in [5, 5.41) is 12.3. The fourth-order valence-electron chi connectivity index (χ4n) is 3.13. The van der Waals surface area contributed by atoms with E-state index in [4.69, 9.17) is 0 Å². The second-order valence-corrected chi connectivity index (χ2v) is 5.39. The van der Waals surface area contributed by atoms with E-state index in [0.29, 0.717) is 10.9 Å². The van der Waals surface area contributed by atoms with E-state index in [1.54, 1.807) is 0 Å². The lowest BCUT2D eigenvalue weighted by molar-refractivity contribution is -0.916. The van der Waals surface area contributed by atoms with Crippen LogP contribution in [0.3, 0.4) is 0 Å². The van der Waals surface area contributed by atoms with Gasteiger partial charge in [0.2, 0.25) is 0 Å². The molecule has 1 atom stereocenters. The summed E-state index contributed by atoms with van der Waals surface area (Å²) in [5.41, 5.74) is 2.91. The van der Waals surface area contributed by atoms with Gasteiger partial charge in [-0.05, 0) is 12.5 Å². The van der Waals surface area contributed by atoms with Crippen LogP contribution in [-0.2, 0) is 13.0 Å². The molecular formula is C16H18N2O2. The average molecular weight is 270 g/mol. The van der Waals surface area contributed by atoms with Crippen molar-refractivity contribution in [3.63, 3.8) is 0 Å². The van der Waals surface area contributed by atoms with Crippen molar-refractivity contribution in [2.45, 2.75) is 26.3 Å². The Bertz CT molecular complexity index is 667. The molecule has 0 amide bonds. The average Bonchev–Trinajstić information content (AvgIpc) is 2.44. The maximum atomic E-state index is 11.6. The number of carboxylic acid groups (broad SMARTS) is 1. The number of fused-ring (bicyclic) bond motifs is 2. The Morgan fingerprint density at radius 2 is 2.20 bits per heavy atom. The van der Waals surface area contributed by atoms with E-state index >= 15 is 0 Å². The van der Waals surface area contributed by atoms with E-state index in [0.717, 1.165) is 49.2 Å². The molecule has 0 spiro atoms. The molecule has 4 heteroatoms. The van der Waals surface area contributed by atoms with E-state index in [2.05, 4.69) is 11.9 Å². The molecule has 3 rings (SSSR count). The second kappa shape index (κ2) is 5.21. The van der Waals surface area contributed by atoms with Crippen LogP contribution >= 0.6 is 0 Å². The first kappa shape index (κ1) is 13.1. The van der Waals surface area contributed by atoms with Gasteiger partial charge in [0.1, 0.15) is 6.54 Å². The number of carbonyl (C=O) groups excluding carboxylic acids is 1. The summed E-state index contributed by atoms with van der Waals surface area (Å²) in [5.74, 6) is -1.09. The molecule has 1 N–H and O–H groups in total. The van der Waals surface area contributed by atoms with Gasteiger partial charge in [-0.15, -0.1) is 0 Å². The number of pyridine rings is 1. The molecule has 0 aliphatic carbocycles. The number of aromatic carboxylic acids is 1. The van der Waals surface area contributed by atoms with Gasteiger partial charge in [-0.2, -0.15) is 0 Å². The predicted octanol–water partition coefficient (Wildman–Crippen LogP) is -0.0507.